The maximum absolute atomic E-state index is 14.4. The Bertz CT molecular complexity index is 1150. The first kappa shape index (κ1) is 32.4. The normalized spacial score (nSPS) is 11.3. The molecule has 0 fully saturated rings. The van der Waals surface area contributed by atoms with Gasteiger partial charge in [-0.15, -0.1) is 0 Å². The zero-order chi connectivity index (χ0) is 28.7. The number of benzene rings is 3. The van der Waals surface area contributed by atoms with E-state index in [2.05, 4.69) is 38.7 Å². The quantitative estimate of drug-likeness (QED) is 0.0851. The molecule has 0 radical (unpaired) electrons. The first-order chi connectivity index (χ1) is 17.1. The van der Waals surface area contributed by atoms with Crippen LogP contribution in [0.4, 0.5) is 65.9 Å². The molecule has 0 aliphatic carbocycles. The van der Waals surface area contributed by atoms with Crippen LogP contribution < -0.4 is 15.9 Å². The maximum atomic E-state index is 14.4. The summed E-state index contributed by atoms with van der Waals surface area (Å²) in [7, 11) is -4.90. The van der Waals surface area contributed by atoms with E-state index in [0.29, 0.717) is 11.2 Å². The summed E-state index contributed by atoms with van der Waals surface area (Å²) in [6.07, 6.45) is 0. The van der Waals surface area contributed by atoms with Gasteiger partial charge in [0.1, 0.15) is 0 Å². The molecule has 206 valence electrons. The van der Waals surface area contributed by atoms with Gasteiger partial charge in [-0.1, -0.05) is 0 Å². The van der Waals surface area contributed by atoms with Crippen molar-refractivity contribution in [3.8, 4) is 0 Å². The molecule has 3 aromatic rings. The Morgan fingerprint density at radius 3 is 0.541 bits per heavy atom. The zero-order valence-electron chi connectivity index (χ0n) is 16.2. The monoisotopic (exact) mass is 981 g/mol. The molecule has 0 aromatic heterocycles. The molecule has 0 atom stereocenters. The molecule has 3 aromatic carbocycles. The summed E-state index contributed by atoms with van der Waals surface area (Å²) in [4.78, 5) is 0. The second kappa shape index (κ2) is 12.6. The number of hydrogen-bond donors (Lipinski definition) is 0. The molecule has 37 heavy (non-hydrogen) atoms. The second-order valence-electron chi connectivity index (χ2n) is 6.14. The van der Waals surface area contributed by atoms with E-state index >= 15 is 0 Å². The molecular formula is C18F15I2PPt. The van der Waals surface area contributed by atoms with Gasteiger partial charge in [-0.3, -0.25) is 0 Å². The molecule has 0 heterocycles. The van der Waals surface area contributed by atoms with Crippen LogP contribution in [0.15, 0.2) is 0 Å². The van der Waals surface area contributed by atoms with Crippen LogP contribution >= 0.6 is 46.6 Å². The summed E-state index contributed by atoms with van der Waals surface area (Å²) >= 11 is 5.30. The Labute approximate surface area is 225 Å². The van der Waals surface area contributed by atoms with E-state index in [1.54, 1.807) is 0 Å². The van der Waals surface area contributed by atoms with Gasteiger partial charge in [0, 0.05) is 7.92 Å². The van der Waals surface area contributed by atoms with Crippen LogP contribution in [-0.2, 0) is 11.2 Å². The van der Waals surface area contributed by atoms with Gasteiger partial charge in [0.05, 0.1) is 15.9 Å². The van der Waals surface area contributed by atoms with Crippen molar-refractivity contribution in [3.05, 3.63) is 87.3 Å². The summed E-state index contributed by atoms with van der Waals surface area (Å²) in [5, 5.41) is -7.84. The van der Waals surface area contributed by atoms with Crippen LogP contribution in [0.2, 0.25) is 0 Å². The molecule has 3 rings (SSSR count). The van der Waals surface area contributed by atoms with Gasteiger partial charge >= 0.3 is 49.9 Å². The third-order valence-electron chi connectivity index (χ3n) is 4.23. The summed E-state index contributed by atoms with van der Waals surface area (Å²) < 4.78 is 209. The van der Waals surface area contributed by atoms with E-state index in [0.717, 1.165) is 0 Å². The molecule has 0 saturated carbocycles. The third kappa shape index (κ3) is 5.60. The van der Waals surface area contributed by atoms with E-state index < -0.39 is 111 Å². The molecule has 0 N–H and O–H groups in total. The van der Waals surface area contributed by atoms with Gasteiger partial charge < -0.3 is 0 Å². The average molecular weight is 981 g/mol. The van der Waals surface area contributed by atoms with Crippen molar-refractivity contribution in [2.45, 2.75) is 0 Å². The zero-order valence-corrected chi connectivity index (χ0v) is 23.7. The third-order valence-corrected chi connectivity index (χ3v) is 6.75. The van der Waals surface area contributed by atoms with E-state index in [-0.39, 0.29) is 0 Å². The van der Waals surface area contributed by atoms with Crippen LogP contribution in [-0.4, -0.2) is 0 Å². The summed E-state index contributed by atoms with van der Waals surface area (Å²) in [5.74, 6) is -44.9. The van der Waals surface area contributed by atoms with Gasteiger partial charge in [-0.05, 0) is 0 Å². The van der Waals surface area contributed by atoms with Crippen molar-refractivity contribution in [3.63, 3.8) is 0 Å². The topological polar surface area (TPSA) is 0 Å². The molecule has 0 amide bonds. The second-order valence-corrected chi connectivity index (χ2v) is 24.7. The number of hydrogen-bond acceptors (Lipinski definition) is 0. The fraction of sp³-hybridized carbons (Fsp3) is 0. The van der Waals surface area contributed by atoms with Crippen LogP contribution in [0.25, 0.3) is 0 Å². The average Bonchev–Trinajstić information content (AvgIpc) is 2.86. The fourth-order valence-electron chi connectivity index (χ4n) is 2.70. The van der Waals surface area contributed by atoms with Crippen LogP contribution in [0, 0.1) is 87.3 Å². The number of halogens is 17. The Balaban J connectivity index is 0.00000153. The summed E-state index contributed by atoms with van der Waals surface area (Å²) in [5.41, 5.74) is 0. The van der Waals surface area contributed by atoms with Crippen molar-refractivity contribution in [1.82, 2.24) is 0 Å². The molecule has 0 aliphatic heterocycles. The SMILES string of the molecule is Fc1c(F)c(F)c(P(c2c(F)c(F)c(F)c(F)c2F)c2c(F)c(F)c(F)c(F)c2F)c(F)c1F.[I][Pt][I]. The van der Waals surface area contributed by atoms with Crippen molar-refractivity contribution >= 4 is 62.5 Å². The van der Waals surface area contributed by atoms with Crippen molar-refractivity contribution in [2.24, 2.45) is 0 Å². The molecule has 0 aliphatic rings. The Morgan fingerprint density at radius 1 is 0.297 bits per heavy atom. The molecule has 0 unspecified atom stereocenters. The van der Waals surface area contributed by atoms with Crippen LogP contribution in [0.1, 0.15) is 0 Å². The van der Waals surface area contributed by atoms with Crippen LogP contribution in [0.3, 0.4) is 0 Å². The van der Waals surface area contributed by atoms with Gasteiger partial charge in [0.15, 0.2) is 69.8 Å². The fourth-order valence-corrected chi connectivity index (χ4v) is 5.14. The van der Waals surface area contributed by atoms with Gasteiger partial charge in [0.25, 0.3) is 0 Å². The predicted octanol–water partition coefficient (Wildman–Crippen LogP) is 7.30. The summed E-state index contributed by atoms with van der Waals surface area (Å²) in [6.45, 7) is 0. The molecule has 0 spiro atoms. The predicted molar refractivity (Wildman–Crippen MR) is 113 cm³/mol. The number of rotatable bonds is 3. The van der Waals surface area contributed by atoms with E-state index in [1.165, 1.54) is 0 Å². The molecule has 0 saturated heterocycles. The Kier molecular flexibility index (Phi) is 11.0. The van der Waals surface area contributed by atoms with Crippen molar-refractivity contribution in [2.75, 3.05) is 0 Å². The van der Waals surface area contributed by atoms with E-state index in [4.69, 9.17) is 0 Å². The molecule has 0 bridgehead atoms. The van der Waals surface area contributed by atoms with Gasteiger partial charge in [-0.25, -0.2) is 65.9 Å². The van der Waals surface area contributed by atoms with E-state index in [9.17, 15) is 65.9 Å². The molecule has 19 heteroatoms. The Hall–Kier alpha value is -0.812. The minimum atomic E-state index is -4.90. The Morgan fingerprint density at radius 2 is 0.405 bits per heavy atom. The standard InChI is InChI=1S/C18F15P.2HI.Pt/c19-1-4(22)10(28)16(11(29)5(1)23)34(17-12(30)6(24)2(20)7(25)13(17)31)18-14(32)8(26)3(21)9(27)15(18)33;;;/h;2*1H;/q;;;+2/p-2. The molecule has 0 nitrogen and oxygen atoms in total. The van der Waals surface area contributed by atoms with Crippen molar-refractivity contribution in [1.29, 1.82) is 0 Å². The summed E-state index contributed by atoms with van der Waals surface area (Å²) in [6, 6.07) is 0. The van der Waals surface area contributed by atoms with Gasteiger partial charge in [-0.2, -0.15) is 0 Å². The molecular weight excluding hydrogens is 981 g/mol. The first-order valence-electron chi connectivity index (χ1n) is 8.24. The minimum absolute atomic E-state index is 0.523. The first-order valence-corrected chi connectivity index (χ1v) is 22.5. The van der Waals surface area contributed by atoms with Crippen LogP contribution in [0.5, 0.6) is 0 Å². The van der Waals surface area contributed by atoms with Gasteiger partial charge in [0.2, 0.25) is 17.5 Å². The van der Waals surface area contributed by atoms with Crippen molar-refractivity contribution < 1.29 is 77.1 Å². The van der Waals surface area contributed by atoms with E-state index in [1.807, 2.05) is 0 Å².